The molecule has 1 N–H and O–H groups in total. The minimum atomic E-state index is -0.640. The zero-order chi connectivity index (χ0) is 42.6. The fourth-order valence-electron chi connectivity index (χ4n) is 7.96. The Balaban J connectivity index is 1.16. The van der Waals surface area contributed by atoms with Crippen LogP contribution in [-0.2, 0) is 27.4 Å². The standard InChI is InChI=1S/C44H70N10O5/c1-9-18-35(10-2)54(42(57)59-44(6,7)8)26-17-24-52(41(56)58-43(3,4)5)23-16-25-53-32-34(48-49-53)31-45-40-46-37-22-15-14-21-36(37)38(47-40)50-27-29-51(30-28-50)39(55)33-19-12-11-13-20-33/h14-15,21-22,32-33,35H,9-13,16-20,23-31H2,1-8H3,(H,45,46,47). The van der Waals surface area contributed by atoms with Gasteiger partial charge in [-0.2, -0.15) is 4.98 Å². The van der Waals surface area contributed by atoms with Crippen molar-refractivity contribution in [2.45, 2.75) is 150 Å². The van der Waals surface area contributed by atoms with Crippen molar-refractivity contribution in [3.63, 3.8) is 0 Å². The van der Waals surface area contributed by atoms with Crippen molar-refractivity contribution in [3.8, 4) is 0 Å². The third-order valence-electron chi connectivity index (χ3n) is 10.9. The van der Waals surface area contributed by atoms with Gasteiger partial charge < -0.3 is 34.4 Å². The van der Waals surface area contributed by atoms with Crippen LogP contribution >= 0.6 is 0 Å². The topological polar surface area (TPSA) is 151 Å². The van der Waals surface area contributed by atoms with Crippen molar-refractivity contribution < 1.29 is 23.9 Å². The highest BCUT2D eigenvalue weighted by atomic mass is 16.6. The molecule has 1 saturated carbocycles. The number of rotatable bonds is 17. The Hall–Kier alpha value is -4.69. The Kier molecular flexibility index (Phi) is 16.2. The molecule has 1 aliphatic carbocycles. The molecular formula is C44H70N10O5. The number of hydrogen-bond donors (Lipinski definition) is 1. The van der Waals surface area contributed by atoms with Gasteiger partial charge in [-0.1, -0.05) is 56.9 Å². The summed E-state index contributed by atoms with van der Waals surface area (Å²) in [4.78, 5) is 57.5. The molecule has 1 saturated heterocycles. The maximum atomic E-state index is 13.3. The largest absolute Gasteiger partial charge is 0.444 e. The third kappa shape index (κ3) is 13.7. The van der Waals surface area contributed by atoms with Gasteiger partial charge in [0.1, 0.15) is 22.7 Å². The van der Waals surface area contributed by atoms with Gasteiger partial charge in [-0.05, 0) is 92.2 Å². The number of para-hydroxylation sites is 1. The van der Waals surface area contributed by atoms with E-state index in [0.717, 1.165) is 80.4 Å². The first-order valence-electron chi connectivity index (χ1n) is 22.0. The van der Waals surface area contributed by atoms with Gasteiger partial charge >= 0.3 is 12.2 Å². The van der Waals surface area contributed by atoms with Crippen LogP contribution in [0.25, 0.3) is 10.9 Å². The molecule has 0 bridgehead atoms. The average Bonchev–Trinajstić information content (AvgIpc) is 3.66. The fraction of sp³-hybridized carbons (Fsp3) is 0.705. The first-order chi connectivity index (χ1) is 28.1. The first-order valence-corrected chi connectivity index (χ1v) is 22.0. The number of aromatic nitrogens is 5. The van der Waals surface area contributed by atoms with E-state index in [-0.39, 0.29) is 24.1 Å². The van der Waals surface area contributed by atoms with Crippen molar-refractivity contribution >= 4 is 40.8 Å². The second-order valence-electron chi connectivity index (χ2n) is 18.1. The molecule has 15 heteroatoms. The molecule has 0 radical (unpaired) electrons. The number of ether oxygens (including phenoxy) is 2. The molecule has 0 spiro atoms. The number of nitrogens with one attached hydrogen (secondary N) is 1. The average molecular weight is 819 g/mol. The van der Waals surface area contributed by atoms with E-state index in [1.165, 1.54) is 6.42 Å². The Labute approximate surface area is 351 Å². The van der Waals surface area contributed by atoms with E-state index in [1.807, 2.05) is 75.7 Å². The summed E-state index contributed by atoms with van der Waals surface area (Å²) in [5.74, 6) is 1.87. The summed E-state index contributed by atoms with van der Waals surface area (Å²) in [6.45, 7) is 20.6. The second kappa shape index (κ2) is 21.0. The predicted octanol–water partition coefficient (Wildman–Crippen LogP) is 7.90. The summed E-state index contributed by atoms with van der Waals surface area (Å²) in [6.07, 6.45) is 10.7. The Bertz CT molecular complexity index is 1810. The monoisotopic (exact) mass is 819 g/mol. The van der Waals surface area contributed by atoms with Crippen LogP contribution in [0.1, 0.15) is 125 Å². The lowest BCUT2D eigenvalue weighted by Crippen LogP contribution is -2.50. The van der Waals surface area contributed by atoms with Crippen molar-refractivity contribution in [2.75, 3.05) is 56.0 Å². The van der Waals surface area contributed by atoms with Crippen LogP contribution in [0.3, 0.4) is 0 Å². The summed E-state index contributed by atoms with van der Waals surface area (Å²) in [7, 11) is 0. The maximum Gasteiger partial charge on any atom is 0.410 e. The molecule has 326 valence electrons. The molecular weight excluding hydrogens is 749 g/mol. The quantitative estimate of drug-likeness (QED) is 0.142. The molecule has 3 heterocycles. The van der Waals surface area contributed by atoms with Gasteiger partial charge in [0.05, 0.1) is 18.3 Å². The Morgan fingerprint density at radius 3 is 2.22 bits per heavy atom. The highest BCUT2D eigenvalue weighted by molar-refractivity contribution is 5.90. The van der Waals surface area contributed by atoms with Gasteiger partial charge in [-0.3, -0.25) is 9.48 Å². The van der Waals surface area contributed by atoms with Gasteiger partial charge in [-0.15, -0.1) is 5.10 Å². The highest BCUT2D eigenvalue weighted by Gasteiger charge is 2.31. The van der Waals surface area contributed by atoms with Crippen LogP contribution in [0, 0.1) is 5.92 Å². The van der Waals surface area contributed by atoms with E-state index < -0.39 is 11.2 Å². The minimum Gasteiger partial charge on any atom is -0.444 e. The second-order valence-corrected chi connectivity index (χ2v) is 18.1. The van der Waals surface area contributed by atoms with E-state index in [4.69, 9.17) is 19.4 Å². The lowest BCUT2D eigenvalue weighted by molar-refractivity contribution is -0.136. The number of aryl methyl sites for hydroxylation is 1. The van der Waals surface area contributed by atoms with Crippen LogP contribution in [0.2, 0.25) is 0 Å². The number of piperazine rings is 1. The number of anilines is 2. The summed E-state index contributed by atoms with van der Waals surface area (Å²) in [6, 6.07) is 8.11. The molecule has 2 aromatic heterocycles. The fourth-order valence-corrected chi connectivity index (χ4v) is 7.96. The molecule has 59 heavy (non-hydrogen) atoms. The lowest BCUT2D eigenvalue weighted by atomic mass is 9.88. The first kappa shape index (κ1) is 45.4. The predicted molar refractivity (Wildman–Crippen MR) is 231 cm³/mol. The molecule has 3 amide bonds. The smallest absolute Gasteiger partial charge is 0.410 e. The van der Waals surface area contributed by atoms with Crippen molar-refractivity contribution in [3.05, 3.63) is 36.2 Å². The van der Waals surface area contributed by atoms with Crippen LogP contribution < -0.4 is 10.2 Å². The number of nitrogens with zero attached hydrogens (tertiary/aromatic N) is 9. The number of carbonyl (C=O) groups excluding carboxylic acids is 3. The van der Waals surface area contributed by atoms with Crippen molar-refractivity contribution in [1.82, 2.24) is 39.7 Å². The summed E-state index contributed by atoms with van der Waals surface area (Å²) < 4.78 is 13.3. The van der Waals surface area contributed by atoms with Crippen molar-refractivity contribution in [2.24, 2.45) is 5.92 Å². The third-order valence-corrected chi connectivity index (χ3v) is 10.9. The Morgan fingerprint density at radius 2 is 1.54 bits per heavy atom. The Morgan fingerprint density at radius 1 is 0.864 bits per heavy atom. The summed E-state index contributed by atoms with van der Waals surface area (Å²) in [5, 5.41) is 13.1. The highest BCUT2D eigenvalue weighted by Crippen LogP contribution is 2.29. The van der Waals surface area contributed by atoms with Crippen molar-refractivity contribution in [1.29, 1.82) is 0 Å². The molecule has 2 fully saturated rings. The number of amides is 3. The molecule has 1 aliphatic heterocycles. The number of hydrogen-bond acceptors (Lipinski definition) is 11. The number of carbonyl (C=O) groups is 3. The minimum absolute atomic E-state index is 0.0698. The van der Waals surface area contributed by atoms with E-state index in [2.05, 4.69) is 40.4 Å². The lowest BCUT2D eigenvalue weighted by Gasteiger charge is -2.38. The summed E-state index contributed by atoms with van der Waals surface area (Å²) >= 11 is 0. The zero-order valence-electron chi connectivity index (χ0n) is 37.0. The van der Waals surface area contributed by atoms with Crippen LogP contribution in [-0.4, -0.2) is 121 Å². The van der Waals surface area contributed by atoms with E-state index in [9.17, 15) is 14.4 Å². The van der Waals surface area contributed by atoms with E-state index >= 15 is 0 Å². The molecule has 1 atom stereocenters. The molecule has 3 aromatic rings. The maximum absolute atomic E-state index is 13.3. The molecule has 2 aliphatic rings. The molecule has 15 nitrogen and oxygen atoms in total. The molecule has 1 aromatic carbocycles. The SMILES string of the molecule is CCCC(CC)N(CCCN(CCCn1cc(CNc2nc(N3CCN(C(=O)C4CCCCC4)CC3)c3ccccc3n2)nn1)C(=O)OC(C)(C)C)C(=O)OC(C)(C)C. The molecule has 5 rings (SSSR count). The van der Waals surface area contributed by atoms with Gasteiger partial charge in [-0.25, -0.2) is 14.6 Å². The van der Waals surface area contributed by atoms with Gasteiger partial charge in [0.15, 0.2) is 0 Å². The van der Waals surface area contributed by atoms with E-state index in [1.54, 1.807) is 9.58 Å². The normalized spacial score (nSPS) is 15.9. The van der Waals surface area contributed by atoms with Gasteiger partial charge in [0.25, 0.3) is 0 Å². The van der Waals surface area contributed by atoms with E-state index in [0.29, 0.717) is 70.5 Å². The van der Waals surface area contributed by atoms with Gasteiger partial charge in [0.2, 0.25) is 11.9 Å². The van der Waals surface area contributed by atoms with Crippen LogP contribution in [0.15, 0.2) is 30.5 Å². The van der Waals surface area contributed by atoms with Gasteiger partial charge in [0, 0.05) is 69.7 Å². The summed E-state index contributed by atoms with van der Waals surface area (Å²) in [5.41, 5.74) is 0.352. The molecule has 1 unspecified atom stereocenters. The van der Waals surface area contributed by atoms with Crippen LogP contribution in [0.5, 0.6) is 0 Å². The zero-order valence-corrected chi connectivity index (χ0v) is 37.0. The number of benzene rings is 1. The van der Waals surface area contributed by atoms with Crippen LogP contribution in [0.4, 0.5) is 21.4 Å². The number of fused-ring (bicyclic) bond motifs is 1.